The summed E-state index contributed by atoms with van der Waals surface area (Å²) in [5.74, 6) is -0.280. The van der Waals surface area contributed by atoms with E-state index < -0.39 is 124 Å². The molecule has 0 aromatic rings. The standard InChI is InChI=1S/C71H123NO18/c1-3-5-7-9-11-13-15-17-18-19-20-21-22-23-24-25-26-27-28-29-30-31-32-33-34-35-36-37-39-41-43-45-47-49-59(77)72-54(55(76)48-46-44-42-40-38-16-14-12-10-8-6-4-2)53-85-69-65(83)62(80)67(57(51-74)87-69)90-71-66(84)63(81)68(58(52-75)88-71)89-70-64(82)61(79)60(78)56(50-73)86-70/h5,7,11,13,17-18,20-21,23-24,26-27,46,48,54-58,60-71,73-76,78-84H,3-4,6,8-10,12,14-16,19,22,25,28-45,47,49-53H2,1-2H3,(H,72,77)/b7-5-,13-11-,18-17-,21-20-,24-23-,27-26-,48-46+. The number of aliphatic hydroxyl groups excluding tert-OH is 11. The van der Waals surface area contributed by atoms with E-state index >= 15 is 0 Å². The van der Waals surface area contributed by atoms with Crippen LogP contribution in [0.2, 0.25) is 0 Å². The van der Waals surface area contributed by atoms with Gasteiger partial charge in [0.2, 0.25) is 5.91 Å². The fourth-order valence-electron chi connectivity index (χ4n) is 11.3. The molecule has 17 atom stereocenters. The number of nitrogens with one attached hydrogen (secondary N) is 1. The number of carbonyl (C=O) groups is 1. The molecule has 12 N–H and O–H groups in total. The molecule has 17 unspecified atom stereocenters. The van der Waals surface area contributed by atoms with Gasteiger partial charge in [0.05, 0.1) is 38.6 Å². The number of ether oxygens (including phenoxy) is 6. The highest BCUT2D eigenvalue weighted by atomic mass is 16.8. The third kappa shape index (κ3) is 33.9. The molecule has 3 heterocycles. The Morgan fingerprint density at radius 1 is 0.411 bits per heavy atom. The predicted octanol–water partition coefficient (Wildman–Crippen LogP) is 9.10. The van der Waals surface area contributed by atoms with E-state index in [4.69, 9.17) is 28.4 Å². The van der Waals surface area contributed by atoms with Crippen molar-refractivity contribution in [3.05, 3.63) is 85.1 Å². The molecular formula is C71H123NO18. The number of unbranched alkanes of at least 4 members (excludes halogenated alkanes) is 24. The van der Waals surface area contributed by atoms with Gasteiger partial charge in [-0.05, 0) is 70.6 Å². The summed E-state index contributed by atoms with van der Waals surface area (Å²) in [5, 5.41) is 120. The van der Waals surface area contributed by atoms with Crippen molar-refractivity contribution in [1.82, 2.24) is 5.32 Å². The number of hydrogen-bond donors (Lipinski definition) is 12. The zero-order valence-corrected chi connectivity index (χ0v) is 54.8. The van der Waals surface area contributed by atoms with Gasteiger partial charge in [-0.15, -0.1) is 0 Å². The number of hydrogen-bond acceptors (Lipinski definition) is 18. The lowest BCUT2D eigenvalue weighted by molar-refractivity contribution is -0.379. The van der Waals surface area contributed by atoms with Crippen LogP contribution in [0.3, 0.4) is 0 Å². The fraction of sp³-hybridized carbons (Fsp3) is 0.789. The molecule has 90 heavy (non-hydrogen) atoms. The fourth-order valence-corrected chi connectivity index (χ4v) is 11.3. The normalized spacial score (nSPS) is 28.6. The van der Waals surface area contributed by atoms with Crippen LogP contribution in [0.4, 0.5) is 0 Å². The van der Waals surface area contributed by atoms with Gasteiger partial charge < -0.3 is 89.9 Å². The minimum absolute atomic E-state index is 0.239. The average molecular weight is 1280 g/mol. The largest absolute Gasteiger partial charge is 0.394 e. The van der Waals surface area contributed by atoms with Crippen LogP contribution >= 0.6 is 0 Å². The lowest BCUT2D eigenvalue weighted by Crippen LogP contribution is -2.66. The number of rotatable bonds is 52. The average Bonchev–Trinajstić information content (AvgIpc) is 0.864. The Kier molecular flexibility index (Phi) is 47.2. The monoisotopic (exact) mass is 1280 g/mol. The van der Waals surface area contributed by atoms with Crippen LogP contribution in [0.1, 0.15) is 226 Å². The molecule has 19 heteroatoms. The van der Waals surface area contributed by atoms with Crippen LogP contribution in [0, 0.1) is 0 Å². The van der Waals surface area contributed by atoms with E-state index in [0.717, 1.165) is 89.9 Å². The van der Waals surface area contributed by atoms with Crippen LogP contribution in [-0.2, 0) is 33.2 Å². The van der Waals surface area contributed by atoms with Crippen LogP contribution in [0.5, 0.6) is 0 Å². The molecule has 0 aromatic carbocycles. The summed E-state index contributed by atoms with van der Waals surface area (Å²) in [6, 6.07) is -0.976. The lowest BCUT2D eigenvalue weighted by atomic mass is 9.96. The Hall–Kier alpha value is -3.03. The van der Waals surface area contributed by atoms with Gasteiger partial charge in [-0.25, -0.2) is 0 Å². The molecular weight excluding hydrogens is 1150 g/mol. The van der Waals surface area contributed by atoms with E-state index in [0.29, 0.717) is 6.42 Å². The second-order valence-corrected chi connectivity index (χ2v) is 24.6. The van der Waals surface area contributed by atoms with E-state index in [1.54, 1.807) is 6.08 Å². The molecule has 520 valence electrons. The van der Waals surface area contributed by atoms with Crippen molar-refractivity contribution in [2.24, 2.45) is 0 Å². The summed E-state index contributed by atoms with van der Waals surface area (Å²) >= 11 is 0. The zero-order valence-electron chi connectivity index (χ0n) is 54.8. The summed E-state index contributed by atoms with van der Waals surface area (Å²) in [6.45, 7) is 1.59. The maximum Gasteiger partial charge on any atom is 0.220 e. The van der Waals surface area contributed by atoms with Gasteiger partial charge in [-0.2, -0.15) is 0 Å². The first-order valence-corrected chi connectivity index (χ1v) is 34.8. The zero-order chi connectivity index (χ0) is 65.4. The molecule has 0 aromatic heterocycles. The van der Waals surface area contributed by atoms with E-state index in [1.807, 2.05) is 6.08 Å². The molecule has 0 saturated carbocycles. The Balaban J connectivity index is 1.36. The highest BCUT2D eigenvalue weighted by molar-refractivity contribution is 5.76. The minimum Gasteiger partial charge on any atom is -0.394 e. The number of allylic oxidation sites excluding steroid dienone is 13. The first kappa shape index (κ1) is 81.2. The van der Waals surface area contributed by atoms with Crippen LogP contribution in [-0.4, -0.2) is 193 Å². The van der Waals surface area contributed by atoms with Crippen molar-refractivity contribution in [2.45, 2.75) is 330 Å². The molecule has 0 aliphatic carbocycles. The second-order valence-electron chi connectivity index (χ2n) is 24.6. The molecule has 0 radical (unpaired) electrons. The molecule has 3 aliphatic rings. The molecule has 19 nitrogen and oxygen atoms in total. The van der Waals surface area contributed by atoms with Gasteiger partial charge in [-0.3, -0.25) is 4.79 Å². The molecule has 1 amide bonds. The maximum atomic E-state index is 13.4. The van der Waals surface area contributed by atoms with E-state index in [-0.39, 0.29) is 18.9 Å². The van der Waals surface area contributed by atoms with Crippen molar-refractivity contribution in [2.75, 3.05) is 26.4 Å². The van der Waals surface area contributed by atoms with Crippen LogP contribution in [0.25, 0.3) is 0 Å². The van der Waals surface area contributed by atoms with E-state index in [1.165, 1.54) is 109 Å². The highest BCUT2D eigenvalue weighted by Gasteiger charge is 2.53. The maximum absolute atomic E-state index is 13.4. The molecule has 3 saturated heterocycles. The lowest BCUT2D eigenvalue weighted by Gasteiger charge is -2.48. The summed E-state index contributed by atoms with van der Waals surface area (Å²) < 4.78 is 34.3. The van der Waals surface area contributed by atoms with Gasteiger partial charge >= 0.3 is 0 Å². The number of amides is 1. The summed E-state index contributed by atoms with van der Waals surface area (Å²) in [4.78, 5) is 13.4. The smallest absolute Gasteiger partial charge is 0.220 e. The van der Waals surface area contributed by atoms with Crippen LogP contribution in [0.15, 0.2) is 85.1 Å². The van der Waals surface area contributed by atoms with Gasteiger partial charge in [0.15, 0.2) is 18.9 Å². The summed E-state index contributed by atoms with van der Waals surface area (Å²) in [7, 11) is 0. The number of carbonyl (C=O) groups excluding carboxylic acids is 1. The third-order valence-corrected chi connectivity index (χ3v) is 16.9. The third-order valence-electron chi connectivity index (χ3n) is 16.9. The first-order valence-electron chi connectivity index (χ1n) is 34.8. The van der Waals surface area contributed by atoms with Crippen molar-refractivity contribution >= 4 is 5.91 Å². The number of aliphatic hydroxyl groups is 11. The van der Waals surface area contributed by atoms with Crippen molar-refractivity contribution in [3.8, 4) is 0 Å². The first-order chi connectivity index (χ1) is 43.8. The van der Waals surface area contributed by atoms with Crippen molar-refractivity contribution < 1.29 is 89.4 Å². The second kappa shape index (κ2) is 52.3. The van der Waals surface area contributed by atoms with E-state index in [9.17, 15) is 61.0 Å². The topological polar surface area (TPSA) is 307 Å². The summed E-state index contributed by atoms with van der Waals surface area (Å²) in [5.41, 5.74) is 0. The van der Waals surface area contributed by atoms with Crippen molar-refractivity contribution in [1.29, 1.82) is 0 Å². The molecule has 3 aliphatic heterocycles. The summed E-state index contributed by atoms with van der Waals surface area (Å²) in [6.07, 6.45) is 40.0. The SMILES string of the molecule is CC/C=C\C/C=C\C/C=C\C/C=C\C/C=C\C/C=C\CCCCCCCCCCCCCCCCC(=O)NC(COC1OC(CO)C(OC2OC(CO)C(OC3OC(CO)C(O)C(O)C3O)C(O)C2O)C(O)C1O)C(O)/C=C/CCCCCCCCCCCC. The molecule has 3 rings (SSSR count). The quantitative estimate of drug-likeness (QED) is 0.0200. The Morgan fingerprint density at radius 2 is 0.767 bits per heavy atom. The van der Waals surface area contributed by atoms with Gasteiger partial charge in [0.25, 0.3) is 0 Å². The minimum atomic E-state index is -1.98. The molecule has 0 spiro atoms. The highest BCUT2D eigenvalue weighted by Crippen LogP contribution is 2.33. The molecule has 0 bridgehead atoms. The Labute approximate surface area is 540 Å². The van der Waals surface area contributed by atoms with E-state index in [2.05, 4.69) is 92.1 Å². The van der Waals surface area contributed by atoms with Crippen LogP contribution < -0.4 is 5.32 Å². The van der Waals surface area contributed by atoms with Gasteiger partial charge in [0, 0.05) is 6.42 Å². The van der Waals surface area contributed by atoms with Gasteiger partial charge in [-0.1, -0.05) is 234 Å². The molecule has 3 fully saturated rings. The predicted molar refractivity (Wildman–Crippen MR) is 351 cm³/mol. The Morgan fingerprint density at radius 3 is 1.20 bits per heavy atom. The Bertz CT molecular complexity index is 1960. The van der Waals surface area contributed by atoms with Gasteiger partial charge in [0.1, 0.15) is 73.2 Å². The van der Waals surface area contributed by atoms with Crippen molar-refractivity contribution in [3.63, 3.8) is 0 Å².